The summed E-state index contributed by atoms with van der Waals surface area (Å²) >= 11 is 3.29. The first-order chi connectivity index (χ1) is 10.4. The van der Waals surface area contributed by atoms with Gasteiger partial charge >= 0.3 is 6.15 Å². The van der Waals surface area contributed by atoms with Crippen molar-refractivity contribution in [1.29, 1.82) is 0 Å². The van der Waals surface area contributed by atoms with E-state index >= 15 is 0 Å². The van der Waals surface area contributed by atoms with E-state index in [1.165, 1.54) is 0 Å². The minimum atomic E-state index is -0.655. The molecule has 0 heterocycles. The van der Waals surface area contributed by atoms with E-state index in [4.69, 9.17) is 14.3 Å². The maximum Gasteiger partial charge on any atom is 0.373 e. The molecule has 0 spiro atoms. The van der Waals surface area contributed by atoms with Crippen molar-refractivity contribution >= 4 is 39.4 Å². The Labute approximate surface area is 136 Å². The van der Waals surface area contributed by atoms with Crippen LogP contribution in [0.15, 0.2) is 22.7 Å². The Kier molecular flexibility index (Phi) is 9.58. The van der Waals surface area contributed by atoms with Crippen molar-refractivity contribution in [2.45, 2.75) is 26.7 Å². The first-order valence-electron chi connectivity index (χ1n) is 6.42. The highest BCUT2D eigenvalue weighted by atomic mass is 79.9. The summed E-state index contributed by atoms with van der Waals surface area (Å²) in [5.74, 6) is -1.16. The summed E-state index contributed by atoms with van der Waals surface area (Å²) in [5.41, 5.74) is 0.322. The molecule has 7 heteroatoms. The minimum absolute atomic E-state index is 0.116. The highest BCUT2D eigenvalue weighted by Crippen LogP contribution is 2.25. The Hall–Kier alpha value is -2.11. The smallest absolute Gasteiger partial charge is 0.373 e. The third-order valence-corrected chi connectivity index (χ3v) is 2.99. The molecule has 22 heavy (non-hydrogen) atoms. The Morgan fingerprint density at radius 3 is 2.23 bits per heavy atom. The van der Waals surface area contributed by atoms with E-state index in [9.17, 15) is 14.4 Å². The van der Waals surface area contributed by atoms with Gasteiger partial charge in [0, 0.05) is 10.9 Å². The van der Waals surface area contributed by atoms with Crippen molar-refractivity contribution in [2.24, 2.45) is 0 Å². The Morgan fingerprint density at radius 1 is 1.14 bits per heavy atom. The van der Waals surface area contributed by atoms with Crippen LogP contribution in [-0.4, -0.2) is 30.1 Å². The summed E-state index contributed by atoms with van der Waals surface area (Å²) in [6, 6.07) is 4.95. The van der Waals surface area contributed by atoms with E-state index in [1.807, 2.05) is 0 Å². The number of benzene rings is 1. The highest BCUT2D eigenvalue weighted by Gasteiger charge is 2.20. The SMILES string of the molecule is CCOc1cc(Br)ccc1C(=O)CC(=O)C(=O)CC.O=C=O. The van der Waals surface area contributed by atoms with Crippen molar-refractivity contribution in [3.63, 3.8) is 0 Å². The van der Waals surface area contributed by atoms with Crippen molar-refractivity contribution in [2.75, 3.05) is 6.61 Å². The molecule has 1 aromatic carbocycles. The summed E-state index contributed by atoms with van der Waals surface area (Å²) in [5, 5.41) is 0. The van der Waals surface area contributed by atoms with Crippen LogP contribution >= 0.6 is 15.9 Å². The molecule has 0 fully saturated rings. The van der Waals surface area contributed by atoms with Crippen molar-refractivity contribution < 1.29 is 28.7 Å². The van der Waals surface area contributed by atoms with Gasteiger partial charge in [0.25, 0.3) is 0 Å². The number of halogens is 1. The van der Waals surface area contributed by atoms with E-state index in [-0.39, 0.29) is 12.6 Å². The average molecular weight is 371 g/mol. The van der Waals surface area contributed by atoms with Crippen LogP contribution in [0.5, 0.6) is 5.75 Å². The van der Waals surface area contributed by atoms with Gasteiger partial charge in [0.15, 0.2) is 11.6 Å². The van der Waals surface area contributed by atoms with Crippen molar-refractivity contribution in [3.8, 4) is 5.75 Å². The quantitative estimate of drug-likeness (QED) is 0.415. The lowest BCUT2D eigenvalue weighted by Crippen LogP contribution is -2.17. The number of hydrogen-bond donors (Lipinski definition) is 0. The van der Waals surface area contributed by atoms with Gasteiger partial charge in [-0.05, 0) is 25.1 Å². The molecule has 0 bridgehead atoms. The fraction of sp³-hybridized carbons (Fsp3) is 0.333. The van der Waals surface area contributed by atoms with E-state index in [0.717, 1.165) is 4.47 Å². The van der Waals surface area contributed by atoms with E-state index in [1.54, 1.807) is 32.0 Å². The van der Waals surface area contributed by atoms with Gasteiger partial charge in [0.1, 0.15) is 5.75 Å². The third kappa shape index (κ3) is 6.56. The van der Waals surface area contributed by atoms with Gasteiger partial charge in [-0.15, -0.1) is 0 Å². The second-order valence-electron chi connectivity index (χ2n) is 3.96. The average Bonchev–Trinajstić information content (AvgIpc) is 2.47. The van der Waals surface area contributed by atoms with Crippen LogP contribution in [-0.2, 0) is 19.2 Å². The van der Waals surface area contributed by atoms with Crippen LogP contribution in [0.1, 0.15) is 37.0 Å². The molecular weight excluding hydrogens is 356 g/mol. The van der Waals surface area contributed by atoms with Gasteiger partial charge in [0.2, 0.25) is 5.78 Å². The van der Waals surface area contributed by atoms with Gasteiger partial charge < -0.3 is 4.74 Å². The molecule has 0 saturated carbocycles. The lowest BCUT2D eigenvalue weighted by Gasteiger charge is -2.09. The van der Waals surface area contributed by atoms with Gasteiger partial charge in [-0.3, -0.25) is 14.4 Å². The summed E-state index contributed by atoms with van der Waals surface area (Å²) in [7, 11) is 0. The number of ether oxygens (including phenoxy) is 1. The largest absolute Gasteiger partial charge is 0.493 e. The second kappa shape index (κ2) is 10.6. The first kappa shape index (κ1) is 19.9. The van der Waals surface area contributed by atoms with Gasteiger partial charge in [-0.1, -0.05) is 22.9 Å². The number of rotatable bonds is 7. The zero-order valence-electron chi connectivity index (χ0n) is 12.2. The zero-order valence-corrected chi connectivity index (χ0v) is 13.8. The monoisotopic (exact) mass is 370 g/mol. The lowest BCUT2D eigenvalue weighted by molar-refractivity contribution is -0.191. The molecule has 0 aliphatic rings. The van der Waals surface area contributed by atoms with Crippen LogP contribution in [0.3, 0.4) is 0 Å². The van der Waals surface area contributed by atoms with Crippen molar-refractivity contribution in [1.82, 2.24) is 0 Å². The van der Waals surface area contributed by atoms with Crippen LogP contribution in [0, 0.1) is 0 Å². The number of Topliss-reactive ketones (excluding diaryl/α,β-unsaturated/α-hetero) is 3. The predicted octanol–water partition coefficient (Wildman–Crippen LogP) is 2.39. The summed E-state index contributed by atoms with van der Waals surface area (Å²) < 4.78 is 6.14. The number of ketones is 3. The summed E-state index contributed by atoms with van der Waals surface area (Å²) in [6.45, 7) is 3.81. The number of hydrogen-bond acceptors (Lipinski definition) is 6. The fourth-order valence-electron chi connectivity index (χ4n) is 1.54. The predicted molar refractivity (Wildman–Crippen MR) is 79.6 cm³/mol. The minimum Gasteiger partial charge on any atom is -0.493 e. The molecule has 0 unspecified atom stereocenters. The van der Waals surface area contributed by atoms with E-state index in [2.05, 4.69) is 15.9 Å². The molecule has 118 valence electrons. The zero-order chi connectivity index (χ0) is 17.1. The second-order valence-corrected chi connectivity index (χ2v) is 4.87. The van der Waals surface area contributed by atoms with Crippen LogP contribution in [0.4, 0.5) is 0 Å². The summed E-state index contributed by atoms with van der Waals surface area (Å²) in [4.78, 5) is 50.9. The molecule has 0 N–H and O–H groups in total. The molecule has 0 saturated heterocycles. The standard InChI is InChI=1S/C14H15BrO4.CO2/c1-3-11(16)13(18)8-12(17)10-6-5-9(15)7-14(10)19-4-2;2-1-3/h5-7H,3-4,8H2,1-2H3;. The Morgan fingerprint density at radius 2 is 1.73 bits per heavy atom. The molecular formula is C15H15BrO6. The molecule has 0 radical (unpaired) electrons. The molecule has 0 atom stereocenters. The molecule has 0 amide bonds. The molecule has 6 nitrogen and oxygen atoms in total. The maximum absolute atomic E-state index is 12.0. The van der Waals surface area contributed by atoms with E-state index in [0.29, 0.717) is 17.9 Å². The normalized spacial score (nSPS) is 9.05. The van der Waals surface area contributed by atoms with Crippen molar-refractivity contribution in [3.05, 3.63) is 28.2 Å². The molecule has 1 aromatic rings. The van der Waals surface area contributed by atoms with Crippen LogP contribution in [0.2, 0.25) is 0 Å². The third-order valence-electron chi connectivity index (χ3n) is 2.50. The first-order valence-corrected chi connectivity index (χ1v) is 7.21. The van der Waals surface area contributed by atoms with Crippen LogP contribution < -0.4 is 4.74 Å². The highest BCUT2D eigenvalue weighted by molar-refractivity contribution is 9.10. The van der Waals surface area contributed by atoms with Gasteiger partial charge in [0.05, 0.1) is 18.6 Å². The number of carbonyl (C=O) groups excluding carboxylic acids is 5. The fourth-order valence-corrected chi connectivity index (χ4v) is 1.88. The molecule has 0 aromatic heterocycles. The van der Waals surface area contributed by atoms with E-state index < -0.39 is 23.8 Å². The lowest BCUT2D eigenvalue weighted by atomic mass is 10.0. The van der Waals surface area contributed by atoms with Crippen LogP contribution in [0.25, 0.3) is 0 Å². The van der Waals surface area contributed by atoms with Gasteiger partial charge in [-0.2, -0.15) is 9.59 Å². The Bertz CT molecular complexity index is 588. The van der Waals surface area contributed by atoms with Gasteiger partial charge in [-0.25, -0.2) is 0 Å². The molecule has 1 rings (SSSR count). The summed E-state index contributed by atoms with van der Waals surface area (Å²) in [6.07, 6.45) is -0.0425. The maximum atomic E-state index is 12.0. The topological polar surface area (TPSA) is 94.6 Å². The molecule has 0 aliphatic carbocycles. The number of carbonyl (C=O) groups is 3. The molecule has 0 aliphatic heterocycles. The Balaban J connectivity index is 0.00000135.